The van der Waals surface area contributed by atoms with Gasteiger partial charge in [0.1, 0.15) is 5.82 Å². The van der Waals surface area contributed by atoms with Crippen LogP contribution in [0.3, 0.4) is 0 Å². The molecule has 1 saturated carbocycles. The molecule has 0 saturated heterocycles. The number of hydrogen-bond donors (Lipinski definition) is 2. The van der Waals surface area contributed by atoms with Gasteiger partial charge in [-0.1, -0.05) is 13.8 Å². The summed E-state index contributed by atoms with van der Waals surface area (Å²) in [5.41, 5.74) is 0. The first kappa shape index (κ1) is 11.1. The molecule has 2 atom stereocenters. The highest BCUT2D eigenvalue weighted by Gasteiger charge is 2.32. The zero-order chi connectivity index (χ0) is 11.5. The van der Waals surface area contributed by atoms with Crippen LogP contribution in [0, 0.1) is 11.8 Å². The van der Waals surface area contributed by atoms with Crippen molar-refractivity contribution in [2.75, 3.05) is 6.54 Å². The number of H-pyrrole nitrogens is 1. The van der Waals surface area contributed by atoms with E-state index in [1.165, 1.54) is 6.42 Å². The summed E-state index contributed by atoms with van der Waals surface area (Å²) in [5, 5.41) is 9.54. The first-order chi connectivity index (χ1) is 7.70. The SMILES string of the molecule is CCCc1nc(C(=O)NCC2CC2C)n[nH]1. The van der Waals surface area contributed by atoms with Crippen LogP contribution in [0.15, 0.2) is 0 Å². The van der Waals surface area contributed by atoms with Gasteiger partial charge >= 0.3 is 0 Å². The van der Waals surface area contributed by atoms with E-state index in [9.17, 15) is 4.79 Å². The van der Waals surface area contributed by atoms with Crippen LogP contribution in [-0.4, -0.2) is 27.6 Å². The molecule has 0 aliphatic heterocycles. The minimum atomic E-state index is -0.169. The van der Waals surface area contributed by atoms with Gasteiger partial charge in [-0.25, -0.2) is 4.98 Å². The quantitative estimate of drug-likeness (QED) is 0.785. The standard InChI is InChI=1S/C11H18N4O/c1-3-4-9-13-10(15-14-9)11(16)12-6-8-5-7(8)2/h7-8H,3-6H2,1-2H3,(H,12,16)(H,13,14,15). The average molecular weight is 222 g/mol. The molecule has 1 aliphatic rings. The Morgan fingerprint density at radius 1 is 1.62 bits per heavy atom. The summed E-state index contributed by atoms with van der Waals surface area (Å²) >= 11 is 0. The van der Waals surface area contributed by atoms with E-state index in [1.807, 2.05) is 0 Å². The highest BCUT2D eigenvalue weighted by molar-refractivity contribution is 5.90. The Kier molecular flexibility index (Phi) is 3.22. The largest absolute Gasteiger partial charge is 0.349 e. The summed E-state index contributed by atoms with van der Waals surface area (Å²) in [6.45, 7) is 5.01. The van der Waals surface area contributed by atoms with E-state index in [1.54, 1.807) is 0 Å². The van der Waals surface area contributed by atoms with Crippen LogP contribution in [0.25, 0.3) is 0 Å². The number of aryl methyl sites for hydroxylation is 1. The van der Waals surface area contributed by atoms with E-state index in [4.69, 9.17) is 0 Å². The number of aromatic amines is 1. The van der Waals surface area contributed by atoms with Crippen molar-refractivity contribution < 1.29 is 4.79 Å². The lowest BCUT2D eigenvalue weighted by atomic mass is 10.3. The highest BCUT2D eigenvalue weighted by Crippen LogP contribution is 2.36. The van der Waals surface area contributed by atoms with Gasteiger partial charge in [-0.3, -0.25) is 9.89 Å². The molecule has 2 N–H and O–H groups in total. The molecule has 1 amide bonds. The Labute approximate surface area is 95.0 Å². The van der Waals surface area contributed by atoms with Gasteiger partial charge in [0.15, 0.2) is 0 Å². The number of nitrogens with one attached hydrogen (secondary N) is 2. The van der Waals surface area contributed by atoms with E-state index in [0.717, 1.165) is 31.1 Å². The third-order valence-corrected chi connectivity index (χ3v) is 3.02. The molecule has 0 aromatic carbocycles. The number of aromatic nitrogens is 3. The topological polar surface area (TPSA) is 70.7 Å². The zero-order valence-corrected chi connectivity index (χ0v) is 9.79. The number of nitrogens with zero attached hydrogens (tertiary/aromatic N) is 2. The summed E-state index contributed by atoms with van der Waals surface area (Å²) in [4.78, 5) is 15.8. The number of carbonyl (C=O) groups excluding carboxylic acids is 1. The van der Waals surface area contributed by atoms with Gasteiger partial charge in [0.05, 0.1) is 0 Å². The highest BCUT2D eigenvalue weighted by atomic mass is 16.2. The molecule has 0 spiro atoms. The lowest BCUT2D eigenvalue weighted by Gasteiger charge is -1.99. The molecular formula is C11H18N4O. The molecule has 1 aromatic heterocycles. The Balaban J connectivity index is 1.82. The first-order valence-corrected chi connectivity index (χ1v) is 5.90. The number of carbonyl (C=O) groups is 1. The summed E-state index contributed by atoms with van der Waals surface area (Å²) in [7, 11) is 0. The normalized spacial score (nSPS) is 23.1. The van der Waals surface area contributed by atoms with Crippen LogP contribution < -0.4 is 5.32 Å². The predicted octanol–water partition coefficient (Wildman–Crippen LogP) is 1.14. The summed E-state index contributed by atoms with van der Waals surface area (Å²) in [6, 6.07) is 0. The summed E-state index contributed by atoms with van der Waals surface area (Å²) in [6.07, 6.45) is 3.05. The maximum absolute atomic E-state index is 11.6. The van der Waals surface area contributed by atoms with Gasteiger partial charge in [-0.15, -0.1) is 5.10 Å². The first-order valence-electron chi connectivity index (χ1n) is 5.90. The molecule has 5 nitrogen and oxygen atoms in total. The van der Waals surface area contributed by atoms with Gasteiger partial charge in [-0.2, -0.15) is 0 Å². The Morgan fingerprint density at radius 2 is 2.38 bits per heavy atom. The Bertz CT molecular complexity index is 374. The van der Waals surface area contributed by atoms with E-state index in [-0.39, 0.29) is 11.7 Å². The molecule has 1 heterocycles. The van der Waals surface area contributed by atoms with Gasteiger partial charge < -0.3 is 5.32 Å². The van der Waals surface area contributed by atoms with Crippen molar-refractivity contribution in [1.82, 2.24) is 20.5 Å². The minimum absolute atomic E-state index is 0.169. The monoisotopic (exact) mass is 222 g/mol. The molecule has 2 rings (SSSR count). The summed E-state index contributed by atoms with van der Waals surface area (Å²) in [5.74, 6) is 2.28. The van der Waals surface area contributed by atoms with Crippen molar-refractivity contribution in [1.29, 1.82) is 0 Å². The average Bonchev–Trinajstić information content (AvgIpc) is 2.78. The van der Waals surface area contributed by atoms with Crippen LogP contribution in [0.2, 0.25) is 0 Å². The van der Waals surface area contributed by atoms with Gasteiger partial charge in [0.2, 0.25) is 5.82 Å². The number of rotatable bonds is 5. The molecule has 5 heteroatoms. The van der Waals surface area contributed by atoms with E-state index < -0.39 is 0 Å². The second-order valence-electron chi connectivity index (χ2n) is 4.54. The maximum atomic E-state index is 11.6. The third-order valence-electron chi connectivity index (χ3n) is 3.02. The number of amides is 1. The predicted molar refractivity (Wildman–Crippen MR) is 60.0 cm³/mol. The second kappa shape index (κ2) is 4.63. The van der Waals surface area contributed by atoms with Crippen LogP contribution in [0.1, 0.15) is 43.1 Å². The molecule has 0 bridgehead atoms. The molecule has 1 fully saturated rings. The van der Waals surface area contributed by atoms with Crippen molar-refractivity contribution in [2.45, 2.75) is 33.1 Å². The maximum Gasteiger partial charge on any atom is 0.290 e. The minimum Gasteiger partial charge on any atom is -0.349 e. The van der Waals surface area contributed by atoms with E-state index in [0.29, 0.717) is 5.92 Å². The van der Waals surface area contributed by atoms with Crippen molar-refractivity contribution in [3.05, 3.63) is 11.6 Å². The fourth-order valence-corrected chi connectivity index (χ4v) is 1.73. The zero-order valence-electron chi connectivity index (χ0n) is 9.79. The van der Waals surface area contributed by atoms with Gasteiger partial charge in [0.25, 0.3) is 5.91 Å². The lowest BCUT2D eigenvalue weighted by molar-refractivity contribution is 0.0941. The van der Waals surface area contributed by atoms with Crippen molar-refractivity contribution >= 4 is 5.91 Å². The fraction of sp³-hybridized carbons (Fsp3) is 0.727. The third kappa shape index (κ3) is 2.59. The molecule has 1 aromatic rings. The molecule has 16 heavy (non-hydrogen) atoms. The number of hydrogen-bond acceptors (Lipinski definition) is 3. The molecular weight excluding hydrogens is 204 g/mol. The molecule has 2 unspecified atom stereocenters. The molecule has 0 radical (unpaired) electrons. The van der Waals surface area contributed by atoms with Gasteiger partial charge in [-0.05, 0) is 24.7 Å². The van der Waals surface area contributed by atoms with E-state index in [2.05, 4.69) is 34.3 Å². The van der Waals surface area contributed by atoms with Crippen LogP contribution in [0.4, 0.5) is 0 Å². The van der Waals surface area contributed by atoms with Crippen molar-refractivity contribution in [3.63, 3.8) is 0 Å². The van der Waals surface area contributed by atoms with Crippen LogP contribution >= 0.6 is 0 Å². The second-order valence-corrected chi connectivity index (χ2v) is 4.54. The molecule has 88 valence electrons. The van der Waals surface area contributed by atoms with Crippen molar-refractivity contribution in [3.8, 4) is 0 Å². The van der Waals surface area contributed by atoms with Gasteiger partial charge in [0, 0.05) is 13.0 Å². The van der Waals surface area contributed by atoms with Crippen LogP contribution in [0.5, 0.6) is 0 Å². The lowest BCUT2D eigenvalue weighted by Crippen LogP contribution is -2.27. The smallest absolute Gasteiger partial charge is 0.290 e. The summed E-state index contributed by atoms with van der Waals surface area (Å²) < 4.78 is 0. The van der Waals surface area contributed by atoms with Crippen LogP contribution in [-0.2, 0) is 6.42 Å². The Hall–Kier alpha value is -1.39. The Morgan fingerprint density at radius 3 is 3.00 bits per heavy atom. The fourth-order valence-electron chi connectivity index (χ4n) is 1.73. The van der Waals surface area contributed by atoms with Crippen molar-refractivity contribution in [2.24, 2.45) is 11.8 Å². The molecule has 1 aliphatic carbocycles. The van der Waals surface area contributed by atoms with E-state index >= 15 is 0 Å².